The van der Waals surface area contributed by atoms with Crippen molar-refractivity contribution in [2.45, 2.75) is 64.4 Å². The van der Waals surface area contributed by atoms with Crippen LogP contribution in [0.1, 0.15) is 58.8 Å². The Kier molecular flexibility index (Phi) is 5.71. The molecule has 0 heterocycles. The molecule has 0 saturated heterocycles. The largest absolute Gasteiger partial charge is 0.367 e. The molecule has 1 fully saturated rings. The van der Waals surface area contributed by atoms with Gasteiger partial charge in [-0.3, -0.25) is 4.79 Å². The summed E-state index contributed by atoms with van der Waals surface area (Å²) in [6.07, 6.45) is 11.3. The highest BCUT2D eigenvalue weighted by Gasteiger charge is 2.41. The Hall–Kier alpha value is -0.810. The highest BCUT2D eigenvalue weighted by molar-refractivity contribution is 5.87. The summed E-state index contributed by atoms with van der Waals surface area (Å²) in [5.41, 5.74) is -0.499. The normalized spacial score (nSPS) is 28.6. The summed E-state index contributed by atoms with van der Waals surface area (Å²) in [6.45, 7) is 4.80. The smallest absolute Gasteiger partial charge is 0.164 e. The van der Waals surface area contributed by atoms with Crippen molar-refractivity contribution < 1.29 is 9.53 Å². The highest BCUT2D eigenvalue weighted by atomic mass is 16.5. The molecule has 0 spiro atoms. The number of carbonyl (C=O) groups excluding carboxylic acids is 1. The Morgan fingerprint density at radius 1 is 1.59 bits per heavy atom. The molecule has 0 bridgehead atoms. The Morgan fingerprint density at radius 3 is 2.94 bits per heavy atom. The summed E-state index contributed by atoms with van der Waals surface area (Å²) in [5.74, 6) is 3.44. The Balaban J connectivity index is 2.63. The van der Waals surface area contributed by atoms with Crippen LogP contribution in [0.2, 0.25) is 0 Å². The van der Waals surface area contributed by atoms with Crippen molar-refractivity contribution in [2.75, 3.05) is 6.61 Å². The molecular weight excluding hydrogens is 212 g/mol. The molecule has 17 heavy (non-hydrogen) atoms. The Labute approximate surface area is 105 Å². The predicted molar refractivity (Wildman–Crippen MR) is 69.7 cm³/mol. The zero-order valence-electron chi connectivity index (χ0n) is 11.1. The van der Waals surface area contributed by atoms with E-state index in [0.717, 1.165) is 25.7 Å². The fourth-order valence-electron chi connectivity index (χ4n) is 2.82. The number of ketones is 1. The van der Waals surface area contributed by atoms with E-state index >= 15 is 0 Å². The van der Waals surface area contributed by atoms with Crippen LogP contribution in [-0.2, 0) is 9.53 Å². The minimum absolute atomic E-state index is 0.265. The van der Waals surface area contributed by atoms with Crippen molar-refractivity contribution in [2.24, 2.45) is 5.92 Å². The summed E-state index contributed by atoms with van der Waals surface area (Å²) in [7, 11) is 0. The molecule has 1 rings (SSSR count). The first-order chi connectivity index (χ1) is 8.14. The monoisotopic (exact) mass is 236 g/mol. The van der Waals surface area contributed by atoms with Crippen molar-refractivity contribution in [1.29, 1.82) is 0 Å². The number of hydrogen-bond acceptors (Lipinski definition) is 2. The van der Waals surface area contributed by atoms with Crippen LogP contribution in [0, 0.1) is 18.3 Å². The van der Waals surface area contributed by atoms with Gasteiger partial charge in [0.2, 0.25) is 0 Å². The summed E-state index contributed by atoms with van der Waals surface area (Å²) in [4.78, 5) is 12.3. The molecule has 0 amide bonds. The Morgan fingerprint density at radius 2 is 2.35 bits per heavy atom. The molecule has 0 N–H and O–H groups in total. The molecule has 0 aliphatic heterocycles. The van der Waals surface area contributed by atoms with E-state index in [1.807, 2.05) is 6.92 Å². The number of unbranched alkanes of at least 4 members (excludes halogenated alkanes) is 1. The number of terminal acetylenes is 1. The number of rotatable bonds is 6. The first kappa shape index (κ1) is 14.3. The van der Waals surface area contributed by atoms with Gasteiger partial charge >= 0.3 is 0 Å². The van der Waals surface area contributed by atoms with E-state index in [1.54, 1.807) is 0 Å². The third-order valence-corrected chi connectivity index (χ3v) is 3.61. The SMILES string of the molecule is C#CCCCC(=O)C1(OCC)CCCC(C)C1. The van der Waals surface area contributed by atoms with Crippen LogP contribution in [0.25, 0.3) is 0 Å². The molecule has 96 valence electrons. The fraction of sp³-hybridized carbons (Fsp3) is 0.800. The van der Waals surface area contributed by atoms with E-state index in [-0.39, 0.29) is 5.78 Å². The summed E-state index contributed by atoms with van der Waals surface area (Å²) >= 11 is 0. The second kappa shape index (κ2) is 6.81. The third kappa shape index (κ3) is 3.85. The van der Waals surface area contributed by atoms with Crippen LogP contribution in [0.3, 0.4) is 0 Å². The first-order valence-corrected chi connectivity index (χ1v) is 6.75. The maximum atomic E-state index is 12.3. The van der Waals surface area contributed by atoms with Gasteiger partial charge in [0.05, 0.1) is 0 Å². The zero-order chi connectivity index (χ0) is 12.7. The van der Waals surface area contributed by atoms with Crippen LogP contribution in [0.4, 0.5) is 0 Å². The summed E-state index contributed by atoms with van der Waals surface area (Å²) in [5, 5.41) is 0. The lowest BCUT2D eigenvalue weighted by molar-refractivity contribution is -0.151. The molecule has 0 aromatic rings. The van der Waals surface area contributed by atoms with Crippen molar-refractivity contribution in [3.8, 4) is 12.3 Å². The Bertz CT molecular complexity index is 286. The number of hydrogen-bond donors (Lipinski definition) is 0. The molecule has 2 heteroatoms. The van der Waals surface area contributed by atoms with Gasteiger partial charge in [0, 0.05) is 19.4 Å². The quantitative estimate of drug-likeness (QED) is 0.522. The van der Waals surface area contributed by atoms with E-state index in [4.69, 9.17) is 11.2 Å². The fourth-order valence-corrected chi connectivity index (χ4v) is 2.82. The minimum Gasteiger partial charge on any atom is -0.367 e. The molecule has 1 aliphatic rings. The van der Waals surface area contributed by atoms with E-state index in [0.29, 0.717) is 25.4 Å². The minimum atomic E-state index is -0.499. The number of Topliss-reactive ketones (excluding diaryl/α,β-unsaturated/α-hetero) is 1. The topological polar surface area (TPSA) is 26.3 Å². The van der Waals surface area contributed by atoms with Gasteiger partial charge in [0.25, 0.3) is 0 Å². The van der Waals surface area contributed by atoms with E-state index in [1.165, 1.54) is 6.42 Å². The van der Waals surface area contributed by atoms with E-state index in [2.05, 4.69) is 12.8 Å². The maximum Gasteiger partial charge on any atom is 0.164 e. The lowest BCUT2D eigenvalue weighted by Gasteiger charge is -2.38. The van der Waals surface area contributed by atoms with Crippen LogP contribution in [-0.4, -0.2) is 18.0 Å². The van der Waals surface area contributed by atoms with E-state index < -0.39 is 5.60 Å². The second-order valence-corrected chi connectivity index (χ2v) is 5.11. The van der Waals surface area contributed by atoms with Crippen molar-refractivity contribution in [1.82, 2.24) is 0 Å². The van der Waals surface area contributed by atoms with Crippen molar-refractivity contribution in [3.05, 3.63) is 0 Å². The zero-order valence-corrected chi connectivity index (χ0v) is 11.1. The lowest BCUT2D eigenvalue weighted by Crippen LogP contribution is -2.45. The van der Waals surface area contributed by atoms with Gasteiger partial charge in [-0.1, -0.05) is 13.3 Å². The predicted octanol–water partition coefficient (Wildman–Crippen LogP) is 3.34. The average Bonchev–Trinajstić information content (AvgIpc) is 2.29. The van der Waals surface area contributed by atoms with Crippen LogP contribution in [0.5, 0.6) is 0 Å². The molecule has 2 nitrogen and oxygen atoms in total. The van der Waals surface area contributed by atoms with Crippen LogP contribution >= 0.6 is 0 Å². The second-order valence-electron chi connectivity index (χ2n) is 5.11. The third-order valence-electron chi connectivity index (χ3n) is 3.61. The van der Waals surface area contributed by atoms with Gasteiger partial charge in [-0.05, 0) is 38.5 Å². The first-order valence-electron chi connectivity index (χ1n) is 6.75. The lowest BCUT2D eigenvalue weighted by atomic mass is 9.75. The maximum absolute atomic E-state index is 12.3. The average molecular weight is 236 g/mol. The molecule has 0 aromatic carbocycles. The molecule has 2 atom stereocenters. The molecule has 0 aromatic heterocycles. The van der Waals surface area contributed by atoms with Crippen molar-refractivity contribution in [3.63, 3.8) is 0 Å². The van der Waals surface area contributed by atoms with Gasteiger partial charge in [-0.25, -0.2) is 0 Å². The van der Waals surface area contributed by atoms with Crippen LogP contribution in [0.15, 0.2) is 0 Å². The highest BCUT2D eigenvalue weighted by Crippen LogP contribution is 2.36. The van der Waals surface area contributed by atoms with Crippen molar-refractivity contribution >= 4 is 5.78 Å². The number of ether oxygens (including phenoxy) is 1. The molecule has 2 unspecified atom stereocenters. The van der Waals surface area contributed by atoms with Gasteiger partial charge in [-0.15, -0.1) is 12.3 Å². The molecule has 0 radical (unpaired) electrons. The molecule has 1 aliphatic carbocycles. The molecule has 1 saturated carbocycles. The van der Waals surface area contributed by atoms with Gasteiger partial charge in [0.15, 0.2) is 5.78 Å². The van der Waals surface area contributed by atoms with Gasteiger partial charge in [-0.2, -0.15) is 0 Å². The van der Waals surface area contributed by atoms with Crippen LogP contribution < -0.4 is 0 Å². The summed E-state index contributed by atoms with van der Waals surface area (Å²) < 4.78 is 5.83. The van der Waals surface area contributed by atoms with E-state index in [9.17, 15) is 4.79 Å². The molecular formula is C15H24O2. The summed E-state index contributed by atoms with van der Waals surface area (Å²) in [6, 6.07) is 0. The standard InChI is InChI=1S/C15H24O2/c1-4-6-7-10-14(16)15(17-5-2)11-8-9-13(3)12-15/h1,13H,5-12H2,2-3H3. The number of carbonyl (C=O) groups is 1. The van der Waals surface area contributed by atoms with Gasteiger partial charge in [0.1, 0.15) is 5.60 Å². The van der Waals surface area contributed by atoms with Gasteiger partial charge < -0.3 is 4.74 Å².